The Hall–Kier alpha value is -0.170. The Morgan fingerprint density at radius 1 is 1.62 bits per heavy atom. The molecule has 1 aromatic heterocycles. The van der Waals surface area contributed by atoms with Gasteiger partial charge in [-0.3, -0.25) is 0 Å². The van der Waals surface area contributed by atoms with Crippen LogP contribution in [0.25, 0.3) is 0 Å². The zero-order chi connectivity index (χ0) is 5.98. The van der Waals surface area contributed by atoms with Crippen LogP contribution in [-0.2, 0) is 0 Å². The van der Waals surface area contributed by atoms with Crippen LogP contribution in [-0.4, -0.2) is 15.1 Å². The molecule has 1 rings (SSSR count). The molecule has 1 heterocycles. The molecule has 3 radical (unpaired) electrons. The van der Waals surface area contributed by atoms with Gasteiger partial charge < -0.3 is 0 Å². The maximum Gasteiger partial charge on any atom is 0.162 e. The summed E-state index contributed by atoms with van der Waals surface area (Å²) in [4.78, 5) is 0. The van der Waals surface area contributed by atoms with Crippen LogP contribution >= 0.6 is 11.3 Å². The molecule has 0 aliphatic heterocycles. The van der Waals surface area contributed by atoms with Gasteiger partial charge in [0.25, 0.3) is 0 Å². The summed E-state index contributed by atoms with van der Waals surface area (Å²) in [7, 11) is 7.50. The van der Waals surface area contributed by atoms with Gasteiger partial charge in [-0.1, -0.05) is 19.0 Å². The van der Waals surface area contributed by atoms with Gasteiger partial charge in [0.05, 0.1) is 0 Å². The molecule has 0 N–H and O–H groups in total. The third-order valence-electron chi connectivity index (χ3n) is 0.932. The van der Waals surface area contributed by atoms with Gasteiger partial charge in [0.15, 0.2) is 7.28 Å². The second kappa shape index (κ2) is 2.40. The lowest BCUT2D eigenvalue weighted by Crippen LogP contribution is -2.03. The summed E-state index contributed by atoms with van der Waals surface area (Å²) in [6.07, 6.45) is 0. The molecule has 0 fully saturated rings. The average molecular weight is 119 g/mol. The summed E-state index contributed by atoms with van der Waals surface area (Å²) in [5.41, 5.74) is 0. The Morgan fingerprint density at radius 2 is 2.38 bits per heavy atom. The van der Waals surface area contributed by atoms with E-state index in [-0.39, 0.29) is 0 Å². The monoisotopic (exact) mass is 119 g/mol. The smallest absolute Gasteiger partial charge is 0.162 e. The van der Waals surface area contributed by atoms with Gasteiger partial charge in [0, 0.05) is 0 Å². The second-order valence-electron chi connectivity index (χ2n) is 1.53. The minimum absolute atomic E-state index is 0.887. The van der Waals surface area contributed by atoms with Crippen LogP contribution in [0.2, 0.25) is 6.82 Å². The largest absolute Gasteiger partial charge is 0.168 e. The van der Waals surface area contributed by atoms with Gasteiger partial charge in [0.2, 0.25) is 0 Å². The molecule has 0 aliphatic rings. The molecule has 0 amide bonds. The SMILES string of the molecule is [B]c1ccc([B]C)s1. The van der Waals surface area contributed by atoms with Crippen molar-refractivity contribution in [1.29, 1.82) is 0 Å². The average Bonchev–Trinajstić information content (AvgIpc) is 2.14. The van der Waals surface area contributed by atoms with Gasteiger partial charge in [-0.2, -0.15) is 11.3 Å². The normalized spacial score (nSPS) is 9.12. The van der Waals surface area contributed by atoms with E-state index in [4.69, 9.17) is 7.85 Å². The molecule has 37 valence electrons. The molecule has 0 aromatic carbocycles. The van der Waals surface area contributed by atoms with E-state index in [2.05, 4.69) is 0 Å². The first-order valence-corrected chi connectivity index (χ1v) is 3.29. The van der Waals surface area contributed by atoms with Crippen LogP contribution in [0.3, 0.4) is 0 Å². The van der Waals surface area contributed by atoms with Gasteiger partial charge in [-0.25, -0.2) is 0 Å². The third-order valence-corrected chi connectivity index (χ3v) is 1.91. The first-order valence-electron chi connectivity index (χ1n) is 2.47. The fraction of sp³-hybridized carbons (Fsp3) is 0.200. The van der Waals surface area contributed by atoms with Gasteiger partial charge in [-0.15, -0.1) is 0 Å². The molecule has 0 saturated carbocycles. The summed E-state index contributed by atoms with van der Waals surface area (Å²) < 4.78 is 2.13. The molecule has 1 aromatic rings. The Balaban J connectivity index is 2.84. The second-order valence-corrected chi connectivity index (χ2v) is 2.68. The minimum Gasteiger partial charge on any atom is -0.168 e. The highest BCUT2D eigenvalue weighted by atomic mass is 32.1. The fourth-order valence-electron chi connectivity index (χ4n) is 0.524. The third kappa shape index (κ3) is 1.16. The Labute approximate surface area is 55.6 Å². The molecule has 8 heavy (non-hydrogen) atoms. The predicted molar refractivity (Wildman–Crippen MR) is 41.0 cm³/mol. The zero-order valence-corrected chi connectivity index (χ0v) is 5.53. The Morgan fingerprint density at radius 3 is 2.62 bits per heavy atom. The summed E-state index contributed by atoms with van der Waals surface area (Å²) >= 11 is 1.61. The van der Waals surface area contributed by atoms with Crippen molar-refractivity contribution in [3.63, 3.8) is 0 Å². The quantitative estimate of drug-likeness (QED) is 0.453. The number of hydrogen-bond donors (Lipinski definition) is 0. The van der Waals surface area contributed by atoms with Crippen molar-refractivity contribution in [3.05, 3.63) is 12.1 Å². The van der Waals surface area contributed by atoms with Crippen molar-refractivity contribution in [2.24, 2.45) is 0 Å². The molecule has 3 heteroatoms. The zero-order valence-electron chi connectivity index (χ0n) is 4.72. The summed E-state index contributed by atoms with van der Waals surface area (Å²) in [6.45, 7) is 2.01. The van der Waals surface area contributed by atoms with E-state index in [1.54, 1.807) is 11.3 Å². The highest BCUT2D eigenvalue weighted by Crippen LogP contribution is 1.85. The molecular formula is C5H5B2S. The van der Waals surface area contributed by atoms with Crippen molar-refractivity contribution < 1.29 is 0 Å². The molecule has 0 nitrogen and oxygen atoms in total. The lowest BCUT2D eigenvalue weighted by atomic mass is 9.81. The highest BCUT2D eigenvalue weighted by Gasteiger charge is 1.90. The van der Waals surface area contributed by atoms with Crippen LogP contribution < -0.4 is 9.55 Å². The molecule has 0 spiro atoms. The van der Waals surface area contributed by atoms with Crippen LogP contribution in [0.4, 0.5) is 0 Å². The first kappa shape index (κ1) is 5.96. The molecular weight excluding hydrogens is 114 g/mol. The van der Waals surface area contributed by atoms with Crippen molar-refractivity contribution in [2.45, 2.75) is 6.82 Å². The van der Waals surface area contributed by atoms with Crippen LogP contribution in [0.1, 0.15) is 0 Å². The van der Waals surface area contributed by atoms with Gasteiger partial charge in [0.1, 0.15) is 7.85 Å². The van der Waals surface area contributed by atoms with E-state index in [1.165, 1.54) is 4.78 Å². The Bertz CT molecular complexity index is 171. The van der Waals surface area contributed by atoms with E-state index in [1.807, 2.05) is 26.2 Å². The maximum atomic E-state index is 5.45. The van der Waals surface area contributed by atoms with Crippen LogP contribution in [0.5, 0.6) is 0 Å². The topological polar surface area (TPSA) is 0 Å². The van der Waals surface area contributed by atoms with E-state index in [0.29, 0.717) is 0 Å². The van der Waals surface area contributed by atoms with E-state index in [0.717, 1.165) is 4.78 Å². The first-order chi connectivity index (χ1) is 3.83. The standard InChI is InChI=1S/C5H5B2S/c1-7-5-3-2-4(6)8-5/h2-3H,1H3. The van der Waals surface area contributed by atoms with Crippen molar-refractivity contribution >= 4 is 36.0 Å². The summed E-state index contributed by atoms with van der Waals surface area (Å²) in [6, 6.07) is 3.93. The van der Waals surface area contributed by atoms with Crippen LogP contribution in [0, 0.1) is 0 Å². The van der Waals surface area contributed by atoms with Crippen molar-refractivity contribution in [2.75, 3.05) is 0 Å². The van der Waals surface area contributed by atoms with E-state index in [9.17, 15) is 0 Å². The predicted octanol–water partition coefficient (Wildman–Crippen LogP) is -0.0805. The Kier molecular flexibility index (Phi) is 1.79. The molecule has 0 unspecified atom stereocenters. The summed E-state index contributed by atoms with van der Waals surface area (Å²) in [5.74, 6) is 0. The van der Waals surface area contributed by atoms with E-state index >= 15 is 0 Å². The molecule has 0 atom stereocenters. The van der Waals surface area contributed by atoms with Crippen molar-refractivity contribution in [1.82, 2.24) is 0 Å². The molecule has 0 bridgehead atoms. The lowest BCUT2D eigenvalue weighted by molar-refractivity contribution is 2.10. The number of thiophene rings is 1. The fourth-order valence-corrected chi connectivity index (χ4v) is 1.19. The maximum absolute atomic E-state index is 5.45. The molecule has 0 saturated heterocycles. The highest BCUT2D eigenvalue weighted by molar-refractivity contribution is 7.27. The van der Waals surface area contributed by atoms with Gasteiger partial charge >= 0.3 is 0 Å². The number of rotatable bonds is 1. The minimum atomic E-state index is 0.887. The number of hydrogen-bond acceptors (Lipinski definition) is 1. The summed E-state index contributed by atoms with van der Waals surface area (Å²) in [5, 5.41) is 0. The van der Waals surface area contributed by atoms with Crippen LogP contribution in [0.15, 0.2) is 12.1 Å². The molecule has 0 aliphatic carbocycles. The van der Waals surface area contributed by atoms with Gasteiger partial charge in [-0.05, 0) is 9.55 Å². The van der Waals surface area contributed by atoms with E-state index < -0.39 is 0 Å². The lowest BCUT2D eigenvalue weighted by Gasteiger charge is -1.78. The van der Waals surface area contributed by atoms with Crippen molar-refractivity contribution in [3.8, 4) is 0 Å².